The fourth-order valence-corrected chi connectivity index (χ4v) is 1.33. The van der Waals surface area contributed by atoms with E-state index in [1.165, 1.54) is 0 Å². The monoisotopic (exact) mass is 208 g/mol. The lowest BCUT2D eigenvalue weighted by atomic mass is 10.2. The van der Waals surface area contributed by atoms with Crippen molar-refractivity contribution in [3.63, 3.8) is 0 Å². The number of nitrogens with two attached hydrogens (primary N) is 1. The summed E-state index contributed by atoms with van der Waals surface area (Å²) in [5, 5.41) is 8.92. The van der Waals surface area contributed by atoms with Gasteiger partial charge in [-0.3, -0.25) is 9.38 Å². The number of aliphatic hydroxyl groups is 1. The lowest BCUT2D eigenvalue weighted by Crippen LogP contribution is -2.14. The summed E-state index contributed by atoms with van der Waals surface area (Å²) in [5.74, 6) is 0.580. The smallest absolute Gasteiger partial charge is 0.218 e. The Morgan fingerprint density at radius 3 is 3.07 bits per heavy atom. The van der Waals surface area contributed by atoms with Gasteiger partial charge in [-0.05, 0) is 0 Å². The molecule has 2 heterocycles. The largest absolute Gasteiger partial charge is 0.481 e. The van der Waals surface area contributed by atoms with E-state index < -0.39 is 6.04 Å². The number of hydrogen-bond donors (Lipinski definition) is 2. The average Bonchev–Trinajstić information content (AvgIpc) is 2.71. The highest BCUT2D eigenvalue weighted by Crippen LogP contribution is 2.16. The van der Waals surface area contributed by atoms with Crippen LogP contribution in [0.2, 0.25) is 0 Å². The van der Waals surface area contributed by atoms with E-state index in [1.807, 2.05) is 0 Å². The summed E-state index contributed by atoms with van der Waals surface area (Å²) < 4.78 is 6.85. The fraction of sp³-hybridized carbons (Fsp3) is 0.333. The number of imidazole rings is 1. The van der Waals surface area contributed by atoms with Crippen LogP contribution in [0.3, 0.4) is 0 Å². The van der Waals surface area contributed by atoms with Gasteiger partial charge in [-0.15, -0.1) is 0 Å². The maximum Gasteiger partial charge on any atom is 0.218 e. The van der Waals surface area contributed by atoms with Crippen molar-refractivity contribution in [1.82, 2.24) is 14.4 Å². The molecule has 80 valence electrons. The summed E-state index contributed by atoms with van der Waals surface area (Å²) in [6.45, 7) is -0.139. The van der Waals surface area contributed by atoms with Gasteiger partial charge in [-0.1, -0.05) is 0 Å². The van der Waals surface area contributed by atoms with Crippen molar-refractivity contribution in [2.45, 2.75) is 6.04 Å². The minimum atomic E-state index is -0.477. The summed E-state index contributed by atoms with van der Waals surface area (Å²) in [6, 6.07) is -0.477. The second-order valence-corrected chi connectivity index (χ2v) is 3.13. The van der Waals surface area contributed by atoms with E-state index >= 15 is 0 Å². The number of hydrogen-bond acceptors (Lipinski definition) is 5. The van der Waals surface area contributed by atoms with Crippen molar-refractivity contribution in [3.8, 4) is 5.88 Å². The minimum absolute atomic E-state index is 0.139. The molecule has 0 saturated carbocycles. The highest BCUT2D eigenvalue weighted by Gasteiger charge is 2.11. The molecule has 0 aliphatic heterocycles. The zero-order valence-corrected chi connectivity index (χ0v) is 8.29. The topological polar surface area (TPSA) is 85.7 Å². The van der Waals surface area contributed by atoms with E-state index in [4.69, 9.17) is 15.6 Å². The normalized spacial score (nSPS) is 13.0. The molecule has 2 aromatic rings. The Balaban J connectivity index is 2.55. The van der Waals surface area contributed by atoms with Gasteiger partial charge in [0, 0.05) is 6.20 Å². The first kappa shape index (κ1) is 9.88. The second kappa shape index (κ2) is 3.84. The van der Waals surface area contributed by atoms with E-state index in [0.29, 0.717) is 17.2 Å². The molecule has 2 rings (SSSR count). The molecule has 2 aromatic heterocycles. The summed E-state index contributed by atoms with van der Waals surface area (Å²) in [6.07, 6.45) is 4.93. The van der Waals surface area contributed by atoms with Gasteiger partial charge in [-0.25, -0.2) is 4.98 Å². The molecular weight excluding hydrogens is 196 g/mol. The second-order valence-electron chi connectivity index (χ2n) is 3.13. The third-order valence-electron chi connectivity index (χ3n) is 2.15. The Labute approximate surface area is 86.3 Å². The van der Waals surface area contributed by atoms with E-state index in [1.54, 1.807) is 30.1 Å². The molecule has 1 atom stereocenters. The van der Waals surface area contributed by atoms with Crippen LogP contribution in [0.15, 0.2) is 18.6 Å². The molecule has 0 spiro atoms. The summed E-state index contributed by atoms with van der Waals surface area (Å²) in [7, 11) is 1.56. The average molecular weight is 208 g/mol. The Bertz CT molecular complexity index is 468. The SMILES string of the molecule is COc1cncc2nc(C(N)CO)cn12. The van der Waals surface area contributed by atoms with E-state index in [-0.39, 0.29) is 6.61 Å². The molecule has 3 N–H and O–H groups in total. The van der Waals surface area contributed by atoms with Crippen molar-refractivity contribution < 1.29 is 9.84 Å². The van der Waals surface area contributed by atoms with Crippen LogP contribution >= 0.6 is 0 Å². The predicted molar refractivity (Wildman–Crippen MR) is 53.6 cm³/mol. The van der Waals surface area contributed by atoms with Crippen molar-refractivity contribution in [1.29, 1.82) is 0 Å². The van der Waals surface area contributed by atoms with Gasteiger partial charge in [0.15, 0.2) is 5.65 Å². The van der Waals surface area contributed by atoms with Gasteiger partial charge in [0.25, 0.3) is 0 Å². The quantitative estimate of drug-likeness (QED) is 0.725. The zero-order valence-electron chi connectivity index (χ0n) is 8.29. The number of aromatic nitrogens is 3. The van der Waals surface area contributed by atoms with Crippen LogP contribution < -0.4 is 10.5 Å². The summed E-state index contributed by atoms with van der Waals surface area (Å²) in [4.78, 5) is 8.20. The van der Waals surface area contributed by atoms with E-state index in [0.717, 1.165) is 0 Å². The highest BCUT2D eigenvalue weighted by atomic mass is 16.5. The molecule has 0 amide bonds. The van der Waals surface area contributed by atoms with E-state index in [9.17, 15) is 0 Å². The molecule has 0 radical (unpaired) electrons. The third kappa shape index (κ3) is 1.64. The first-order chi connectivity index (χ1) is 7.26. The zero-order chi connectivity index (χ0) is 10.8. The Hall–Kier alpha value is -1.66. The van der Waals surface area contributed by atoms with Gasteiger partial charge in [0.2, 0.25) is 5.88 Å². The van der Waals surface area contributed by atoms with Crippen LogP contribution in [-0.2, 0) is 0 Å². The number of nitrogens with zero attached hydrogens (tertiary/aromatic N) is 3. The highest BCUT2D eigenvalue weighted by molar-refractivity contribution is 5.41. The van der Waals surface area contributed by atoms with Crippen LogP contribution in [0.5, 0.6) is 5.88 Å². The molecule has 6 nitrogen and oxygen atoms in total. The van der Waals surface area contributed by atoms with Crippen LogP contribution in [0.1, 0.15) is 11.7 Å². The molecule has 0 saturated heterocycles. The van der Waals surface area contributed by atoms with Crippen molar-refractivity contribution in [2.24, 2.45) is 5.73 Å². The molecule has 0 fully saturated rings. The molecule has 0 aliphatic rings. The number of rotatable bonds is 3. The number of fused-ring (bicyclic) bond motifs is 1. The third-order valence-corrected chi connectivity index (χ3v) is 2.15. The van der Waals surface area contributed by atoms with Crippen LogP contribution in [0.4, 0.5) is 0 Å². The van der Waals surface area contributed by atoms with Crippen molar-refractivity contribution in [3.05, 3.63) is 24.3 Å². The molecule has 0 aliphatic carbocycles. The molecule has 15 heavy (non-hydrogen) atoms. The molecule has 6 heteroatoms. The van der Waals surface area contributed by atoms with Crippen molar-refractivity contribution in [2.75, 3.05) is 13.7 Å². The van der Waals surface area contributed by atoms with Gasteiger partial charge in [0.1, 0.15) is 0 Å². The standard InChI is InChI=1S/C9H12N4O2/c1-15-9-3-11-2-8-12-7(4-13(8)9)6(10)5-14/h2-4,6,14H,5,10H2,1H3. The van der Waals surface area contributed by atoms with Gasteiger partial charge >= 0.3 is 0 Å². The van der Waals surface area contributed by atoms with Gasteiger partial charge in [-0.2, -0.15) is 0 Å². The number of aliphatic hydroxyl groups excluding tert-OH is 1. The van der Waals surface area contributed by atoms with Gasteiger partial charge < -0.3 is 15.6 Å². The molecule has 0 bridgehead atoms. The predicted octanol–water partition coefficient (Wildman–Crippen LogP) is -0.270. The minimum Gasteiger partial charge on any atom is -0.481 e. The Morgan fingerprint density at radius 2 is 2.40 bits per heavy atom. The van der Waals surface area contributed by atoms with Crippen LogP contribution in [-0.4, -0.2) is 33.2 Å². The number of methoxy groups -OCH3 is 1. The molecule has 0 aromatic carbocycles. The Morgan fingerprint density at radius 1 is 1.60 bits per heavy atom. The maximum absolute atomic E-state index is 8.92. The van der Waals surface area contributed by atoms with Crippen LogP contribution in [0, 0.1) is 0 Å². The van der Waals surface area contributed by atoms with E-state index in [2.05, 4.69) is 9.97 Å². The molecule has 1 unspecified atom stereocenters. The van der Waals surface area contributed by atoms with Gasteiger partial charge in [0.05, 0.1) is 37.8 Å². The van der Waals surface area contributed by atoms with Crippen LogP contribution in [0.25, 0.3) is 5.65 Å². The fourth-order valence-electron chi connectivity index (χ4n) is 1.33. The van der Waals surface area contributed by atoms with Crippen molar-refractivity contribution >= 4 is 5.65 Å². The first-order valence-corrected chi connectivity index (χ1v) is 4.49. The Kier molecular flexibility index (Phi) is 2.53. The lowest BCUT2D eigenvalue weighted by Gasteiger charge is -2.02. The first-order valence-electron chi connectivity index (χ1n) is 4.49. The summed E-state index contributed by atoms with van der Waals surface area (Å²) in [5.41, 5.74) is 6.92. The number of ether oxygens (including phenoxy) is 1. The lowest BCUT2D eigenvalue weighted by molar-refractivity contribution is 0.266. The molecular formula is C9H12N4O2. The summed E-state index contributed by atoms with van der Waals surface area (Å²) >= 11 is 0. The maximum atomic E-state index is 8.92.